The fourth-order valence-corrected chi connectivity index (χ4v) is 2.93. The topological polar surface area (TPSA) is 20.3 Å². The van der Waals surface area contributed by atoms with E-state index in [1.807, 2.05) is 37.8 Å². The monoisotopic (exact) mass is 340 g/mol. The van der Waals surface area contributed by atoms with Gasteiger partial charge < -0.3 is 4.90 Å². The molecule has 1 unspecified atom stereocenters. The van der Waals surface area contributed by atoms with Gasteiger partial charge in [-0.25, -0.2) is 0 Å². The van der Waals surface area contributed by atoms with Gasteiger partial charge in [-0.3, -0.25) is 4.79 Å². The fourth-order valence-electron chi connectivity index (χ4n) is 2.61. The zero-order valence-corrected chi connectivity index (χ0v) is 14.8. The average molecular weight is 341 g/mol. The number of nitrogens with zero attached hydrogens (tertiary/aromatic N) is 1. The van der Waals surface area contributed by atoms with Crippen LogP contribution >= 0.6 is 11.6 Å². The predicted octanol–water partition coefficient (Wildman–Crippen LogP) is 3.72. The maximum absolute atomic E-state index is 12.2. The third-order valence-electron chi connectivity index (χ3n) is 3.43. The molecule has 0 aliphatic carbocycles. The smallest absolute Gasteiger partial charge is 0.229 e. The number of halogens is 1. The van der Waals surface area contributed by atoms with E-state index in [1.165, 1.54) is 0 Å². The Morgan fingerprint density at radius 2 is 1.83 bits per heavy atom. The van der Waals surface area contributed by atoms with Crippen LogP contribution in [0.4, 0.5) is 5.69 Å². The number of aryl methyl sites for hydroxylation is 2. The van der Waals surface area contributed by atoms with Crippen molar-refractivity contribution in [1.82, 2.24) is 0 Å². The molecule has 0 spiro atoms. The van der Waals surface area contributed by atoms with E-state index in [1.54, 1.807) is 0 Å². The molecule has 0 N–H and O–H groups in total. The van der Waals surface area contributed by atoms with Crippen LogP contribution in [0.15, 0.2) is 12.1 Å². The van der Waals surface area contributed by atoms with E-state index >= 15 is 0 Å². The molecule has 1 aromatic rings. The van der Waals surface area contributed by atoms with Crippen LogP contribution < -0.4 is 4.90 Å². The molecular formula is C14H18ClNOY. The summed E-state index contributed by atoms with van der Waals surface area (Å²) in [5.74, 6) is 0.378. The molecule has 1 atom stereocenters. The number of piperidine rings is 1. The van der Waals surface area contributed by atoms with Crippen molar-refractivity contribution >= 4 is 23.2 Å². The van der Waals surface area contributed by atoms with Gasteiger partial charge >= 0.3 is 0 Å². The number of benzene rings is 1. The zero-order chi connectivity index (χ0) is 12.6. The van der Waals surface area contributed by atoms with Gasteiger partial charge in [0, 0.05) is 55.9 Å². The Bertz CT molecular complexity index is 438. The Labute approximate surface area is 139 Å². The standard InChI is InChI=1S/C14H18ClNO.Y/c1-9-5-4-6-16(14(9)17)13-10(2)7-12(15)8-11(13)3;/h7-9H,4-6H2,1-3H3;. The first-order valence-electron chi connectivity index (χ1n) is 6.09. The maximum atomic E-state index is 12.2. The van der Waals surface area contributed by atoms with Crippen LogP contribution in [0.1, 0.15) is 30.9 Å². The number of rotatable bonds is 1. The predicted molar refractivity (Wildman–Crippen MR) is 71.7 cm³/mol. The van der Waals surface area contributed by atoms with Crippen molar-refractivity contribution in [2.24, 2.45) is 5.92 Å². The van der Waals surface area contributed by atoms with Gasteiger partial charge in [0.1, 0.15) is 0 Å². The SMILES string of the molecule is Cc1cc(Cl)cc(C)c1N1CCCC(C)C1=O.[Y]. The van der Waals surface area contributed by atoms with Crippen molar-refractivity contribution in [3.8, 4) is 0 Å². The summed E-state index contributed by atoms with van der Waals surface area (Å²) in [6.07, 6.45) is 2.08. The van der Waals surface area contributed by atoms with E-state index in [2.05, 4.69) is 0 Å². The van der Waals surface area contributed by atoms with Gasteiger partial charge in [0.05, 0.1) is 0 Å². The second kappa shape index (κ2) is 6.50. The van der Waals surface area contributed by atoms with Crippen LogP contribution in [0.2, 0.25) is 5.02 Å². The quantitative estimate of drug-likeness (QED) is 0.763. The van der Waals surface area contributed by atoms with E-state index in [-0.39, 0.29) is 44.5 Å². The first-order chi connectivity index (χ1) is 8.00. The molecule has 1 amide bonds. The molecule has 4 heteroatoms. The van der Waals surface area contributed by atoms with Crippen LogP contribution in [0, 0.1) is 19.8 Å². The molecule has 1 radical (unpaired) electrons. The van der Waals surface area contributed by atoms with Crippen LogP contribution in [-0.4, -0.2) is 12.5 Å². The van der Waals surface area contributed by atoms with Crippen LogP contribution in [0.25, 0.3) is 0 Å². The summed E-state index contributed by atoms with van der Waals surface area (Å²) in [5.41, 5.74) is 3.21. The van der Waals surface area contributed by atoms with Crippen molar-refractivity contribution in [2.75, 3.05) is 11.4 Å². The molecular weight excluding hydrogens is 323 g/mol. The average Bonchev–Trinajstić information content (AvgIpc) is 2.23. The summed E-state index contributed by atoms with van der Waals surface area (Å²) < 4.78 is 0. The second-order valence-electron chi connectivity index (χ2n) is 4.92. The third kappa shape index (κ3) is 3.15. The van der Waals surface area contributed by atoms with Crippen LogP contribution in [0.5, 0.6) is 0 Å². The van der Waals surface area contributed by atoms with Gasteiger partial charge in [-0.1, -0.05) is 18.5 Å². The second-order valence-corrected chi connectivity index (χ2v) is 5.36. The summed E-state index contributed by atoms with van der Waals surface area (Å²) in [6.45, 7) is 6.86. The first-order valence-corrected chi connectivity index (χ1v) is 6.46. The van der Waals surface area contributed by atoms with E-state index in [4.69, 9.17) is 11.6 Å². The first kappa shape index (κ1) is 16.1. The van der Waals surface area contributed by atoms with Crippen molar-refractivity contribution in [2.45, 2.75) is 33.6 Å². The van der Waals surface area contributed by atoms with Gasteiger partial charge in [0.15, 0.2) is 0 Å². The molecule has 0 bridgehead atoms. The van der Waals surface area contributed by atoms with Crippen LogP contribution in [0.3, 0.4) is 0 Å². The molecule has 0 aromatic heterocycles. The minimum absolute atomic E-state index is 0. The molecule has 0 saturated carbocycles. The summed E-state index contributed by atoms with van der Waals surface area (Å²) in [4.78, 5) is 14.1. The Balaban J connectivity index is 0.00000162. The number of carbonyl (C=O) groups excluding carboxylic acids is 1. The summed E-state index contributed by atoms with van der Waals surface area (Å²) in [6, 6.07) is 3.85. The number of anilines is 1. The van der Waals surface area contributed by atoms with Crippen molar-refractivity contribution in [3.05, 3.63) is 28.3 Å². The number of hydrogen-bond acceptors (Lipinski definition) is 1. The minimum Gasteiger partial charge on any atom is -0.312 e. The van der Waals surface area contributed by atoms with Crippen molar-refractivity contribution in [1.29, 1.82) is 0 Å². The Hall–Kier alpha value is 0.0839. The van der Waals surface area contributed by atoms with E-state index in [0.29, 0.717) is 0 Å². The molecule has 1 aliphatic heterocycles. The molecule has 95 valence electrons. The van der Waals surface area contributed by atoms with Gasteiger partial charge in [-0.05, 0) is 49.9 Å². The van der Waals surface area contributed by atoms with Crippen molar-refractivity contribution in [3.63, 3.8) is 0 Å². The van der Waals surface area contributed by atoms with E-state index < -0.39 is 0 Å². The van der Waals surface area contributed by atoms with Gasteiger partial charge in [-0.2, -0.15) is 0 Å². The van der Waals surface area contributed by atoms with Gasteiger partial charge in [0.2, 0.25) is 5.91 Å². The Morgan fingerprint density at radius 1 is 1.28 bits per heavy atom. The molecule has 1 saturated heterocycles. The Morgan fingerprint density at radius 3 is 2.39 bits per heavy atom. The van der Waals surface area contributed by atoms with E-state index in [9.17, 15) is 4.79 Å². The fraction of sp³-hybridized carbons (Fsp3) is 0.500. The number of amides is 1. The van der Waals surface area contributed by atoms with Gasteiger partial charge in [0.25, 0.3) is 0 Å². The molecule has 1 aliphatic rings. The molecule has 2 rings (SSSR count). The largest absolute Gasteiger partial charge is 0.312 e. The molecule has 2 nitrogen and oxygen atoms in total. The zero-order valence-electron chi connectivity index (χ0n) is 11.2. The summed E-state index contributed by atoms with van der Waals surface area (Å²) >= 11 is 6.02. The molecule has 1 aromatic carbocycles. The Kier molecular flexibility index (Phi) is 5.82. The third-order valence-corrected chi connectivity index (χ3v) is 3.65. The van der Waals surface area contributed by atoms with Crippen molar-refractivity contribution < 1.29 is 37.5 Å². The van der Waals surface area contributed by atoms with Crippen LogP contribution in [-0.2, 0) is 37.5 Å². The molecule has 18 heavy (non-hydrogen) atoms. The maximum Gasteiger partial charge on any atom is 0.229 e. The number of carbonyl (C=O) groups is 1. The normalized spacial score (nSPS) is 19.7. The summed E-state index contributed by atoms with van der Waals surface area (Å²) in [5, 5.41) is 0.737. The minimum atomic E-state index is 0. The number of hydrogen-bond donors (Lipinski definition) is 0. The summed E-state index contributed by atoms with van der Waals surface area (Å²) in [7, 11) is 0. The molecule has 1 fully saturated rings. The van der Waals surface area contributed by atoms with Gasteiger partial charge in [-0.15, -0.1) is 0 Å². The molecule has 1 heterocycles. The van der Waals surface area contributed by atoms with E-state index in [0.717, 1.165) is 41.2 Å².